The molecule has 27 heavy (non-hydrogen) atoms. The quantitative estimate of drug-likeness (QED) is 0.873. The summed E-state index contributed by atoms with van der Waals surface area (Å²) in [5, 5.41) is 3.12. The molecule has 2 aliphatic rings. The van der Waals surface area contributed by atoms with E-state index in [2.05, 4.69) is 20.2 Å². The van der Waals surface area contributed by atoms with Gasteiger partial charge in [-0.1, -0.05) is 18.2 Å². The predicted octanol–water partition coefficient (Wildman–Crippen LogP) is 2.16. The second-order valence-electron chi connectivity index (χ2n) is 7.01. The van der Waals surface area contributed by atoms with Crippen LogP contribution in [0.5, 0.6) is 0 Å². The first-order valence-electron chi connectivity index (χ1n) is 9.55. The van der Waals surface area contributed by atoms with Crippen LogP contribution in [0.2, 0.25) is 0 Å². The minimum absolute atomic E-state index is 0.00183. The van der Waals surface area contributed by atoms with Gasteiger partial charge in [0, 0.05) is 57.4 Å². The molecule has 2 aliphatic heterocycles. The maximum absolute atomic E-state index is 12.7. The SMILES string of the molecule is O=C(c1cnc(Nc2ccccc2)nc1)N1CCN(C[C@@H]2CCCO2)CC1. The lowest BCUT2D eigenvalue weighted by molar-refractivity contribution is 0.0432. The number of para-hydroxylation sites is 1. The van der Waals surface area contributed by atoms with Gasteiger partial charge in [-0.25, -0.2) is 9.97 Å². The van der Waals surface area contributed by atoms with Crippen molar-refractivity contribution in [1.82, 2.24) is 19.8 Å². The average molecular weight is 367 g/mol. The first-order chi connectivity index (χ1) is 13.3. The van der Waals surface area contributed by atoms with Crippen molar-refractivity contribution in [3.05, 3.63) is 48.3 Å². The van der Waals surface area contributed by atoms with E-state index in [0.717, 1.165) is 57.9 Å². The third kappa shape index (κ3) is 4.61. The van der Waals surface area contributed by atoms with Gasteiger partial charge in [-0.05, 0) is 25.0 Å². The Kier molecular flexibility index (Phi) is 5.60. The van der Waals surface area contributed by atoms with Crippen molar-refractivity contribution in [2.24, 2.45) is 0 Å². The van der Waals surface area contributed by atoms with Crippen LogP contribution in [-0.2, 0) is 4.74 Å². The van der Waals surface area contributed by atoms with Gasteiger partial charge in [0.1, 0.15) is 0 Å². The van der Waals surface area contributed by atoms with Crippen molar-refractivity contribution in [2.75, 3.05) is 44.6 Å². The summed E-state index contributed by atoms with van der Waals surface area (Å²) in [5.41, 5.74) is 1.44. The summed E-state index contributed by atoms with van der Waals surface area (Å²) < 4.78 is 5.71. The molecular weight excluding hydrogens is 342 g/mol. The van der Waals surface area contributed by atoms with Gasteiger partial charge < -0.3 is 15.0 Å². The predicted molar refractivity (Wildman–Crippen MR) is 103 cm³/mol. The van der Waals surface area contributed by atoms with Gasteiger partial charge in [0.05, 0.1) is 11.7 Å². The molecule has 4 rings (SSSR count). The van der Waals surface area contributed by atoms with Gasteiger partial charge >= 0.3 is 0 Å². The average Bonchev–Trinajstić information content (AvgIpc) is 3.22. The molecule has 0 bridgehead atoms. The van der Waals surface area contributed by atoms with Crippen LogP contribution in [0.25, 0.3) is 0 Å². The summed E-state index contributed by atoms with van der Waals surface area (Å²) in [5.74, 6) is 0.483. The standard InChI is InChI=1S/C20H25N5O2/c26-19(25-10-8-24(9-11-25)15-18-7-4-12-27-18)16-13-21-20(22-14-16)23-17-5-2-1-3-6-17/h1-3,5-6,13-14,18H,4,7-12,15H2,(H,21,22,23)/t18-/m0/s1. The van der Waals surface area contributed by atoms with E-state index >= 15 is 0 Å². The molecule has 7 heteroatoms. The van der Waals surface area contributed by atoms with Crippen LogP contribution >= 0.6 is 0 Å². The van der Waals surface area contributed by atoms with Crippen molar-refractivity contribution >= 4 is 17.5 Å². The minimum atomic E-state index is -0.00183. The monoisotopic (exact) mass is 367 g/mol. The molecule has 0 radical (unpaired) electrons. The molecule has 0 saturated carbocycles. The molecule has 0 aliphatic carbocycles. The maximum Gasteiger partial charge on any atom is 0.257 e. The van der Waals surface area contributed by atoms with Crippen molar-refractivity contribution in [2.45, 2.75) is 18.9 Å². The Hall–Kier alpha value is -2.51. The molecule has 142 valence electrons. The van der Waals surface area contributed by atoms with Crippen LogP contribution in [0.1, 0.15) is 23.2 Å². The number of hydrogen-bond donors (Lipinski definition) is 1. The smallest absolute Gasteiger partial charge is 0.257 e. The number of piperazine rings is 1. The summed E-state index contributed by atoms with van der Waals surface area (Å²) in [6.07, 6.45) is 5.88. The summed E-state index contributed by atoms with van der Waals surface area (Å²) in [7, 11) is 0. The first kappa shape index (κ1) is 17.9. The number of carbonyl (C=O) groups is 1. The van der Waals surface area contributed by atoms with Crippen LogP contribution in [0.3, 0.4) is 0 Å². The largest absolute Gasteiger partial charge is 0.377 e. The number of nitrogens with zero attached hydrogens (tertiary/aromatic N) is 4. The van der Waals surface area contributed by atoms with Gasteiger partial charge in [0.2, 0.25) is 5.95 Å². The van der Waals surface area contributed by atoms with E-state index in [-0.39, 0.29) is 5.91 Å². The molecule has 1 aromatic heterocycles. The highest BCUT2D eigenvalue weighted by Gasteiger charge is 2.25. The zero-order valence-corrected chi connectivity index (χ0v) is 15.4. The first-order valence-corrected chi connectivity index (χ1v) is 9.55. The Morgan fingerprint density at radius 1 is 1.11 bits per heavy atom. The lowest BCUT2D eigenvalue weighted by atomic mass is 10.2. The highest BCUT2D eigenvalue weighted by atomic mass is 16.5. The maximum atomic E-state index is 12.7. The number of amides is 1. The third-order valence-corrected chi connectivity index (χ3v) is 5.07. The number of benzene rings is 1. The fourth-order valence-electron chi connectivity index (χ4n) is 3.55. The summed E-state index contributed by atoms with van der Waals surface area (Å²) >= 11 is 0. The molecule has 2 aromatic rings. The number of hydrogen-bond acceptors (Lipinski definition) is 6. The Morgan fingerprint density at radius 3 is 2.52 bits per heavy atom. The molecule has 0 spiro atoms. The molecule has 1 N–H and O–H groups in total. The van der Waals surface area contributed by atoms with E-state index in [1.807, 2.05) is 35.2 Å². The van der Waals surface area contributed by atoms with E-state index in [4.69, 9.17) is 4.74 Å². The van der Waals surface area contributed by atoms with Gasteiger partial charge in [0.25, 0.3) is 5.91 Å². The van der Waals surface area contributed by atoms with Gasteiger partial charge in [-0.2, -0.15) is 0 Å². The second-order valence-corrected chi connectivity index (χ2v) is 7.01. The summed E-state index contributed by atoms with van der Waals surface area (Å²) in [6.45, 7) is 5.11. The summed E-state index contributed by atoms with van der Waals surface area (Å²) in [6, 6.07) is 9.73. The van der Waals surface area contributed by atoms with E-state index in [9.17, 15) is 4.79 Å². The van der Waals surface area contributed by atoms with Gasteiger partial charge in [-0.15, -0.1) is 0 Å². The zero-order chi connectivity index (χ0) is 18.5. The number of nitrogens with one attached hydrogen (secondary N) is 1. The fourth-order valence-corrected chi connectivity index (χ4v) is 3.55. The van der Waals surface area contributed by atoms with Crippen LogP contribution < -0.4 is 5.32 Å². The zero-order valence-electron chi connectivity index (χ0n) is 15.4. The topological polar surface area (TPSA) is 70.6 Å². The molecule has 1 amide bonds. The summed E-state index contributed by atoms with van der Waals surface area (Å²) in [4.78, 5) is 25.5. The van der Waals surface area contributed by atoms with E-state index < -0.39 is 0 Å². The number of anilines is 2. The van der Waals surface area contributed by atoms with Gasteiger partial charge in [-0.3, -0.25) is 9.69 Å². The Morgan fingerprint density at radius 2 is 1.85 bits per heavy atom. The van der Waals surface area contributed by atoms with E-state index in [1.54, 1.807) is 12.4 Å². The molecule has 2 saturated heterocycles. The normalized spacial score (nSPS) is 20.6. The Labute approximate surface area is 159 Å². The molecule has 0 unspecified atom stereocenters. The van der Waals surface area contributed by atoms with Crippen LogP contribution in [-0.4, -0.2) is 71.1 Å². The van der Waals surface area contributed by atoms with Crippen LogP contribution in [0.15, 0.2) is 42.7 Å². The highest BCUT2D eigenvalue weighted by Crippen LogP contribution is 2.16. The van der Waals surface area contributed by atoms with Crippen molar-refractivity contribution in [3.8, 4) is 0 Å². The van der Waals surface area contributed by atoms with E-state index in [1.165, 1.54) is 0 Å². The van der Waals surface area contributed by atoms with Crippen LogP contribution in [0, 0.1) is 0 Å². The molecule has 1 atom stereocenters. The number of rotatable bonds is 5. The molecule has 7 nitrogen and oxygen atoms in total. The van der Waals surface area contributed by atoms with E-state index in [0.29, 0.717) is 17.6 Å². The van der Waals surface area contributed by atoms with Crippen LogP contribution in [0.4, 0.5) is 11.6 Å². The number of aromatic nitrogens is 2. The van der Waals surface area contributed by atoms with Crippen molar-refractivity contribution < 1.29 is 9.53 Å². The highest BCUT2D eigenvalue weighted by molar-refractivity contribution is 5.93. The van der Waals surface area contributed by atoms with Crippen molar-refractivity contribution in [3.63, 3.8) is 0 Å². The molecular formula is C20H25N5O2. The Balaban J connectivity index is 1.29. The Bertz CT molecular complexity index is 739. The second kappa shape index (κ2) is 8.45. The lowest BCUT2D eigenvalue weighted by Gasteiger charge is -2.35. The van der Waals surface area contributed by atoms with Crippen molar-refractivity contribution in [1.29, 1.82) is 0 Å². The molecule has 2 fully saturated rings. The minimum Gasteiger partial charge on any atom is -0.377 e. The lowest BCUT2D eigenvalue weighted by Crippen LogP contribution is -2.50. The third-order valence-electron chi connectivity index (χ3n) is 5.07. The molecule has 1 aromatic carbocycles. The number of carbonyl (C=O) groups excluding carboxylic acids is 1. The van der Waals surface area contributed by atoms with Gasteiger partial charge in [0.15, 0.2) is 0 Å². The fraction of sp³-hybridized carbons (Fsp3) is 0.450. The number of ether oxygens (including phenoxy) is 1. The molecule has 3 heterocycles.